The molecule has 0 unspecified atom stereocenters. The summed E-state index contributed by atoms with van der Waals surface area (Å²) >= 11 is 0. The number of benzene rings is 1. The fourth-order valence-corrected chi connectivity index (χ4v) is 2.69. The van der Waals surface area contributed by atoms with Crippen LogP contribution >= 0.6 is 0 Å². The highest BCUT2D eigenvalue weighted by molar-refractivity contribution is 5.80. The highest BCUT2D eigenvalue weighted by Crippen LogP contribution is 2.21. The largest absolute Gasteiger partial charge is 0.423 e. The van der Waals surface area contributed by atoms with Gasteiger partial charge in [-0.25, -0.2) is 4.79 Å². The fraction of sp³-hybridized carbons (Fsp3) is 0.500. The SMILES string of the molecule is CCc1ccc2c(CN(CC)CC(C)(C)O)cc(=O)oc2c1. The van der Waals surface area contributed by atoms with Gasteiger partial charge in [-0.2, -0.15) is 0 Å². The maximum absolute atomic E-state index is 11.8. The highest BCUT2D eigenvalue weighted by atomic mass is 16.4. The van der Waals surface area contributed by atoms with E-state index in [0.29, 0.717) is 18.7 Å². The van der Waals surface area contributed by atoms with Gasteiger partial charge in [-0.15, -0.1) is 0 Å². The van der Waals surface area contributed by atoms with E-state index in [2.05, 4.69) is 24.8 Å². The lowest BCUT2D eigenvalue weighted by Crippen LogP contribution is -2.38. The summed E-state index contributed by atoms with van der Waals surface area (Å²) in [6.07, 6.45) is 0.906. The van der Waals surface area contributed by atoms with E-state index in [4.69, 9.17) is 4.42 Å². The van der Waals surface area contributed by atoms with Crippen LogP contribution in [0.4, 0.5) is 0 Å². The Morgan fingerprint density at radius 3 is 2.55 bits per heavy atom. The fourth-order valence-electron chi connectivity index (χ4n) is 2.69. The number of rotatable bonds is 6. The van der Waals surface area contributed by atoms with Crippen LogP contribution in [0.3, 0.4) is 0 Å². The van der Waals surface area contributed by atoms with Crippen molar-refractivity contribution < 1.29 is 9.52 Å². The van der Waals surface area contributed by atoms with Crippen molar-refractivity contribution in [3.05, 3.63) is 45.8 Å². The lowest BCUT2D eigenvalue weighted by atomic mass is 10.0. The van der Waals surface area contributed by atoms with Gasteiger partial charge in [0.1, 0.15) is 5.58 Å². The third kappa shape index (κ3) is 4.18. The zero-order valence-electron chi connectivity index (χ0n) is 13.8. The first-order valence-electron chi connectivity index (χ1n) is 7.82. The molecule has 0 aliphatic carbocycles. The van der Waals surface area contributed by atoms with Crippen molar-refractivity contribution >= 4 is 11.0 Å². The van der Waals surface area contributed by atoms with E-state index in [1.165, 1.54) is 0 Å². The van der Waals surface area contributed by atoms with Crippen LogP contribution in [0.2, 0.25) is 0 Å². The Morgan fingerprint density at radius 1 is 1.23 bits per heavy atom. The molecule has 0 aliphatic rings. The number of hydrogen-bond acceptors (Lipinski definition) is 4. The first-order chi connectivity index (χ1) is 10.3. The number of aryl methyl sites for hydroxylation is 1. The summed E-state index contributed by atoms with van der Waals surface area (Å²) in [4.78, 5) is 14.0. The van der Waals surface area contributed by atoms with Crippen LogP contribution in [0.5, 0.6) is 0 Å². The number of aliphatic hydroxyl groups is 1. The zero-order valence-corrected chi connectivity index (χ0v) is 13.8. The summed E-state index contributed by atoms with van der Waals surface area (Å²) < 4.78 is 5.34. The molecule has 22 heavy (non-hydrogen) atoms. The average molecular weight is 303 g/mol. The normalized spacial score (nSPS) is 12.3. The van der Waals surface area contributed by atoms with Crippen molar-refractivity contribution in [2.45, 2.75) is 46.3 Å². The molecule has 1 aromatic heterocycles. The maximum Gasteiger partial charge on any atom is 0.336 e. The zero-order chi connectivity index (χ0) is 16.3. The Balaban J connectivity index is 2.39. The molecule has 0 bridgehead atoms. The number of fused-ring (bicyclic) bond motifs is 1. The molecule has 0 aliphatic heterocycles. The molecule has 4 heteroatoms. The number of likely N-dealkylation sites (N-methyl/N-ethyl adjacent to an activating group) is 1. The second-order valence-electron chi connectivity index (χ2n) is 6.39. The lowest BCUT2D eigenvalue weighted by Gasteiger charge is -2.28. The minimum Gasteiger partial charge on any atom is -0.423 e. The Hall–Kier alpha value is -1.65. The van der Waals surface area contributed by atoms with Crippen LogP contribution in [0.25, 0.3) is 11.0 Å². The minimum atomic E-state index is -0.763. The molecule has 0 spiro atoms. The van der Waals surface area contributed by atoms with E-state index in [9.17, 15) is 9.90 Å². The minimum absolute atomic E-state index is 0.324. The first-order valence-corrected chi connectivity index (χ1v) is 7.82. The van der Waals surface area contributed by atoms with Gasteiger partial charge in [0, 0.05) is 24.5 Å². The van der Waals surface area contributed by atoms with Crippen molar-refractivity contribution in [1.82, 2.24) is 4.90 Å². The van der Waals surface area contributed by atoms with Gasteiger partial charge >= 0.3 is 5.63 Å². The molecule has 1 N–H and O–H groups in total. The molecule has 4 nitrogen and oxygen atoms in total. The maximum atomic E-state index is 11.8. The summed E-state index contributed by atoms with van der Waals surface area (Å²) in [6, 6.07) is 7.58. The van der Waals surface area contributed by atoms with Gasteiger partial charge in [0.15, 0.2) is 0 Å². The molecule has 120 valence electrons. The smallest absolute Gasteiger partial charge is 0.336 e. The molecule has 0 saturated carbocycles. The van der Waals surface area contributed by atoms with Crippen molar-refractivity contribution in [1.29, 1.82) is 0 Å². The topological polar surface area (TPSA) is 53.7 Å². The molecule has 0 atom stereocenters. The van der Waals surface area contributed by atoms with Crippen LogP contribution in [0, 0.1) is 0 Å². The van der Waals surface area contributed by atoms with Crippen molar-refractivity contribution in [3.8, 4) is 0 Å². The van der Waals surface area contributed by atoms with E-state index in [-0.39, 0.29) is 5.63 Å². The molecule has 0 fully saturated rings. The van der Waals surface area contributed by atoms with Gasteiger partial charge in [-0.3, -0.25) is 4.90 Å². The van der Waals surface area contributed by atoms with E-state index < -0.39 is 5.60 Å². The van der Waals surface area contributed by atoms with Crippen LogP contribution in [0.1, 0.15) is 38.8 Å². The quantitative estimate of drug-likeness (QED) is 0.834. The van der Waals surface area contributed by atoms with E-state index in [0.717, 1.165) is 29.5 Å². The van der Waals surface area contributed by atoms with Gasteiger partial charge in [0.25, 0.3) is 0 Å². The third-order valence-electron chi connectivity index (χ3n) is 3.75. The Kier molecular flexibility index (Phi) is 5.04. The number of nitrogens with zero attached hydrogens (tertiary/aromatic N) is 1. The van der Waals surface area contributed by atoms with Gasteiger partial charge in [0.2, 0.25) is 0 Å². The molecule has 2 aromatic rings. The molecule has 0 amide bonds. The van der Waals surface area contributed by atoms with Crippen LogP contribution in [-0.4, -0.2) is 28.7 Å². The van der Waals surface area contributed by atoms with Gasteiger partial charge in [-0.1, -0.05) is 26.0 Å². The molecule has 0 saturated heterocycles. The van der Waals surface area contributed by atoms with E-state index >= 15 is 0 Å². The van der Waals surface area contributed by atoms with Crippen LogP contribution in [0.15, 0.2) is 33.5 Å². The second kappa shape index (κ2) is 6.63. The summed E-state index contributed by atoms with van der Waals surface area (Å²) in [7, 11) is 0. The Bertz CT molecular complexity index is 698. The first kappa shape index (κ1) is 16.7. The molecule has 2 rings (SSSR count). The monoisotopic (exact) mass is 303 g/mol. The standard InChI is InChI=1S/C18H25NO3/c1-5-13-7-8-15-14(10-17(20)22-16(15)9-13)11-19(6-2)12-18(3,4)21/h7-10,21H,5-6,11-12H2,1-4H3. The van der Waals surface area contributed by atoms with Gasteiger partial charge < -0.3 is 9.52 Å². The van der Waals surface area contributed by atoms with Crippen molar-refractivity contribution in [2.75, 3.05) is 13.1 Å². The van der Waals surface area contributed by atoms with E-state index in [1.54, 1.807) is 19.9 Å². The summed E-state index contributed by atoms with van der Waals surface area (Å²) in [5.41, 5.74) is 1.65. The molecule has 1 heterocycles. The Labute approximate surface area is 131 Å². The van der Waals surface area contributed by atoms with Crippen LogP contribution < -0.4 is 5.63 Å². The van der Waals surface area contributed by atoms with Crippen molar-refractivity contribution in [3.63, 3.8) is 0 Å². The predicted molar refractivity (Wildman–Crippen MR) is 89.1 cm³/mol. The lowest BCUT2D eigenvalue weighted by molar-refractivity contribution is 0.0354. The second-order valence-corrected chi connectivity index (χ2v) is 6.39. The molecular weight excluding hydrogens is 278 g/mol. The third-order valence-corrected chi connectivity index (χ3v) is 3.75. The summed E-state index contributed by atoms with van der Waals surface area (Å²) in [6.45, 7) is 9.69. The Morgan fingerprint density at radius 2 is 1.95 bits per heavy atom. The van der Waals surface area contributed by atoms with Crippen LogP contribution in [-0.2, 0) is 13.0 Å². The highest BCUT2D eigenvalue weighted by Gasteiger charge is 2.18. The van der Waals surface area contributed by atoms with Gasteiger partial charge in [-0.05, 0) is 44.0 Å². The molecule has 1 aromatic carbocycles. The number of hydrogen-bond donors (Lipinski definition) is 1. The predicted octanol–water partition coefficient (Wildman–Crippen LogP) is 2.95. The average Bonchev–Trinajstić information content (AvgIpc) is 2.44. The van der Waals surface area contributed by atoms with Crippen molar-refractivity contribution in [2.24, 2.45) is 0 Å². The molecular formula is C18H25NO3. The molecule has 0 radical (unpaired) electrons. The van der Waals surface area contributed by atoms with E-state index in [1.807, 2.05) is 12.1 Å². The summed E-state index contributed by atoms with van der Waals surface area (Å²) in [5.74, 6) is 0. The summed E-state index contributed by atoms with van der Waals surface area (Å²) in [5, 5.41) is 11.0. The van der Waals surface area contributed by atoms with Gasteiger partial charge in [0.05, 0.1) is 5.60 Å².